The van der Waals surface area contributed by atoms with Crippen LogP contribution in [0.4, 0.5) is 0 Å². The molecular weight excluding hydrogens is 166 g/mol. The molecule has 60 valence electrons. The fourth-order valence-corrected chi connectivity index (χ4v) is 2.12. The predicted octanol–water partition coefficient (Wildman–Crippen LogP) is 2.73. The van der Waals surface area contributed by atoms with Gasteiger partial charge < -0.3 is 4.40 Å². The van der Waals surface area contributed by atoms with Crippen LogP contribution in [0.15, 0.2) is 36.7 Å². The Kier molecular flexibility index (Phi) is 1.27. The number of fused-ring (bicyclic) bond motifs is 1. The van der Waals surface area contributed by atoms with E-state index in [1.807, 2.05) is 11.8 Å². The number of thioether (sulfide) groups is 1. The van der Waals surface area contributed by atoms with Gasteiger partial charge in [0, 0.05) is 28.9 Å². The van der Waals surface area contributed by atoms with Gasteiger partial charge in [0.05, 0.1) is 0 Å². The summed E-state index contributed by atoms with van der Waals surface area (Å²) in [6.45, 7) is 0. The lowest BCUT2D eigenvalue weighted by atomic mass is 10.2. The maximum Gasteiger partial charge on any atom is 0.0453 e. The summed E-state index contributed by atoms with van der Waals surface area (Å²) in [5.74, 6) is 1.30. The van der Waals surface area contributed by atoms with E-state index in [0.29, 0.717) is 0 Å². The Morgan fingerprint density at radius 3 is 3.08 bits per heavy atom. The summed E-state index contributed by atoms with van der Waals surface area (Å²) in [7, 11) is 0. The molecule has 0 N–H and O–H groups in total. The number of rotatable bonds is 1. The van der Waals surface area contributed by atoms with E-state index in [2.05, 4.69) is 41.1 Å². The molecule has 1 atom stereocenters. The zero-order valence-electron chi connectivity index (χ0n) is 6.60. The van der Waals surface area contributed by atoms with E-state index in [-0.39, 0.29) is 0 Å². The Morgan fingerprint density at radius 2 is 2.25 bits per heavy atom. The molecule has 1 aliphatic heterocycles. The fraction of sp³-hybridized carbons (Fsp3) is 0.200. The SMILES string of the molecule is c1cc2cc(C3CS3)ccn2c1. The van der Waals surface area contributed by atoms with Crippen molar-refractivity contribution in [1.29, 1.82) is 0 Å². The van der Waals surface area contributed by atoms with Crippen molar-refractivity contribution in [3.05, 3.63) is 42.2 Å². The van der Waals surface area contributed by atoms with E-state index in [1.54, 1.807) is 0 Å². The van der Waals surface area contributed by atoms with E-state index in [4.69, 9.17) is 0 Å². The number of pyridine rings is 1. The van der Waals surface area contributed by atoms with Crippen molar-refractivity contribution in [3.8, 4) is 0 Å². The molecule has 3 heterocycles. The van der Waals surface area contributed by atoms with Crippen LogP contribution in [0.25, 0.3) is 5.52 Å². The summed E-state index contributed by atoms with van der Waals surface area (Å²) in [4.78, 5) is 0. The van der Waals surface area contributed by atoms with Gasteiger partial charge in [-0.1, -0.05) is 0 Å². The van der Waals surface area contributed by atoms with Gasteiger partial charge in [0.25, 0.3) is 0 Å². The van der Waals surface area contributed by atoms with Crippen molar-refractivity contribution >= 4 is 17.3 Å². The van der Waals surface area contributed by atoms with Crippen LogP contribution in [0.3, 0.4) is 0 Å². The van der Waals surface area contributed by atoms with E-state index >= 15 is 0 Å². The van der Waals surface area contributed by atoms with Crippen molar-refractivity contribution in [2.75, 3.05) is 5.75 Å². The average molecular weight is 175 g/mol. The number of hydrogen-bond donors (Lipinski definition) is 0. The van der Waals surface area contributed by atoms with Gasteiger partial charge in [-0.2, -0.15) is 11.8 Å². The first kappa shape index (κ1) is 6.61. The van der Waals surface area contributed by atoms with Crippen LogP contribution < -0.4 is 0 Å². The van der Waals surface area contributed by atoms with Crippen molar-refractivity contribution in [1.82, 2.24) is 4.40 Å². The van der Waals surface area contributed by atoms with E-state index < -0.39 is 0 Å². The number of hydrogen-bond acceptors (Lipinski definition) is 1. The van der Waals surface area contributed by atoms with Gasteiger partial charge in [-0.05, 0) is 29.8 Å². The topological polar surface area (TPSA) is 4.41 Å². The molecular formula is C10H9NS. The van der Waals surface area contributed by atoms with Crippen molar-refractivity contribution in [2.24, 2.45) is 0 Å². The molecule has 0 aliphatic carbocycles. The minimum atomic E-state index is 0.782. The molecule has 0 spiro atoms. The first-order valence-corrected chi connectivity index (χ1v) is 5.16. The summed E-state index contributed by atoms with van der Waals surface area (Å²) in [5.41, 5.74) is 2.78. The first-order chi connectivity index (χ1) is 5.93. The second kappa shape index (κ2) is 2.30. The fourth-order valence-electron chi connectivity index (χ4n) is 1.49. The van der Waals surface area contributed by atoms with Crippen LogP contribution >= 0.6 is 11.8 Å². The highest BCUT2D eigenvalue weighted by Crippen LogP contribution is 2.46. The Balaban J connectivity index is 2.21. The number of nitrogens with zero attached hydrogens (tertiary/aromatic N) is 1. The third-order valence-electron chi connectivity index (χ3n) is 2.26. The van der Waals surface area contributed by atoms with Crippen LogP contribution in [0.2, 0.25) is 0 Å². The lowest BCUT2D eigenvalue weighted by molar-refractivity contribution is 1.15. The normalized spacial score (nSPS) is 21.5. The van der Waals surface area contributed by atoms with Crippen molar-refractivity contribution < 1.29 is 0 Å². The highest BCUT2D eigenvalue weighted by atomic mass is 32.2. The molecule has 1 aliphatic rings. The van der Waals surface area contributed by atoms with E-state index in [1.165, 1.54) is 16.8 Å². The molecule has 0 amide bonds. The van der Waals surface area contributed by atoms with E-state index in [0.717, 1.165) is 5.25 Å². The summed E-state index contributed by atoms with van der Waals surface area (Å²) in [6.07, 6.45) is 4.22. The summed E-state index contributed by atoms with van der Waals surface area (Å²) in [5, 5.41) is 0.782. The standard InChI is InChI=1S/C10H9NS/c1-2-9-6-8(10-7-12-10)3-5-11(9)4-1/h1-6,10H,7H2. The summed E-state index contributed by atoms with van der Waals surface area (Å²) in [6, 6.07) is 8.73. The Morgan fingerprint density at radius 1 is 1.33 bits per heavy atom. The molecule has 1 saturated heterocycles. The van der Waals surface area contributed by atoms with Gasteiger partial charge in [-0.25, -0.2) is 0 Å². The van der Waals surface area contributed by atoms with Crippen LogP contribution in [0, 0.1) is 0 Å². The molecule has 12 heavy (non-hydrogen) atoms. The summed E-state index contributed by atoms with van der Waals surface area (Å²) < 4.78 is 2.15. The smallest absolute Gasteiger partial charge is 0.0453 e. The zero-order valence-corrected chi connectivity index (χ0v) is 7.42. The predicted molar refractivity (Wildman–Crippen MR) is 52.6 cm³/mol. The van der Waals surface area contributed by atoms with Gasteiger partial charge in [0.15, 0.2) is 0 Å². The molecule has 2 heteroatoms. The lowest BCUT2D eigenvalue weighted by Gasteiger charge is -1.98. The molecule has 3 rings (SSSR count). The van der Waals surface area contributed by atoms with Crippen LogP contribution in [0.1, 0.15) is 10.8 Å². The van der Waals surface area contributed by atoms with Gasteiger partial charge in [-0.3, -0.25) is 0 Å². The maximum atomic E-state index is 2.28. The second-order valence-electron chi connectivity index (χ2n) is 3.12. The molecule has 1 nitrogen and oxygen atoms in total. The largest absolute Gasteiger partial charge is 0.324 e. The van der Waals surface area contributed by atoms with Gasteiger partial charge in [-0.15, -0.1) is 0 Å². The molecule has 0 radical (unpaired) electrons. The molecule has 1 fully saturated rings. The number of aromatic nitrogens is 1. The molecule has 0 saturated carbocycles. The van der Waals surface area contributed by atoms with Gasteiger partial charge >= 0.3 is 0 Å². The minimum Gasteiger partial charge on any atom is -0.324 e. The van der Waals surface area contributed by atoms with Crippen molar-refractivity contribution in [3.63, 3.8) is 0 Å². The highest BCUT2D eigenvalue weighted by molar-refractivity contribution is 8.06. The minimum absolute atomic E-state index is 0.782. The maximum absolute atomic E-state index is 2.28. The quantitative estimate of drug-likeness (QED) is 0.603. The molecule has 1 unspecified atom stereocenters. The molecule has 0 bridgehead atoms. The average Bonchev–Trinajstić information content (AvgIpc) is 2.84. The lowest BCUT2D eigenvalue weighted by Crippen LogP contribution is -1.84. The Hall–Kier alpha value is -0.890. The third kappa shape index (κ3) is 0.950. The second-order valence-corrected chi connectivity index (χ2v) is 4.36. The van der Waals surface area contributed by atoms with Gasteiger partial charge in [0.1, 0.15) is 0 Å². The van der Waals surface area contributed by atoms with Crippen LogP contribution in [-0.2, 0) is 0 Å². The summed E-state index contributed by atoms with van der Waals surface area (Å²) >= 11 is 2.02. The Bertz CT molecular complexity index is 414. The molecule has 2 aromatic rings. The van der Waals surface area contributed by atoms with Gasteiger partial charge in [0.2, 0.25) is 0 Å². The molecule has 2 aromatic heterocycles. The molecule has 0 aromatic carbocycles. The van der Waals surface area contributed by atoms with Crippen LogP contribution in [0.5, 0.6) is 0 Å². The van der Waals surface area contributed by atoms with Crippen LogP contribution in [-0.4, -0.2) is 10.2 Å². The monoisotopic (exact) mass is 175 g/mol. The highest BCUT2D eigenvalue weighted by Gasteiger charge is 2.24. The van der Waals surface area contributed by atoms with E-state index in [9.17, 15) is 0 Å². The first-order valence-electron chi connectivity index (χ1n) is 4.12. The Labute approximate surface area is 75.4 Å². The third-order valence-corrected chi connectivity index (χ3v) is 3.20. The zero-order chi connectivity index (χ0) is 7.97. The van der Waals surface area contributed by atoms with Crippen molar-refractivity contribution in [2.45, 2.75) is 5.25 Å².